The summed E-state index contributed by atoms with van der Waals surface area (Å²) in [7, 11) is -4.85. The molecule has 24 heteroatoms. The fraction of sp³-hybridized carbons (Fsp3) is 0.750. The monoisotopic (exact) mass is 767 g/mol. The highest BCUT2D eigenvalue weighted by Crippen LogP contribution is 2.39. The number of nitrogen functional groups attached to an aromatic ring is 1. The third-order valence-corrected chi connectivity index (χ3v) is 8.48. The summed E-state index contributed by atoms with van der Waals surface area (Å²) >= 11 is 0. The molecule has 2 aliphatic heterocycles. The van der Waals surface area contributed by atoms with E-state index in [2.05, 4.69) is 30.1 Å². The van der Waals surface area contributed by atoms with Crippen molar-refractivity contribution in [1.82, 2.24) is 30.2 Å². The molecule has 0 aliphatic carbocycles. The lowest BCUT2D eigenvalue weighted by molar-refractivity contribution is -0.270. The molecule has 0 radical (unpaired) electrons. The maximum Gasteiger partial charge on any atom is 0.469 e. The highest BCUT2D eigenvalue weighted by atomic mass is 31.2. The van der Waals surface area contributed by atoms with Crippen LogP contribution in [0.3, 0.4) is 0 Å². The van der Waals surface area contributed by atoms with E-state index in [0.29, 0.717) is 12.8 Å². The Hall–Kier alpha value is -3.00. The van der Waals surface area contributed by atoms with Gasteiger partial charge in [-0.25, -0.2) is 19.5 Å². The zero-order valence-corrected chi connectivity index (χ0v) is 29.1. The van der Waals surface area contributed by atoms with Crippen molar-refractivity contribution in [3.05, 3.63) is 12.7 Å². The van der Waals surface area contributed by atoms with Gasteiger partial charge in [0, 0.05) is 26.5 Å². The van der Waals surface area contributed by atoms with Gasteiger partial charge in [0.05, 0.1) is 39.4 Å². The van der Waals surface area contributed by atoms with Gasteiger partial charge in [0.25, 0.3) is 0 Å². The average Bonchev–Trinajstić information content (AvgIpc) is 3.66. The number of ether oxygens (including phenoxy) is 6. The number of fused-ring (bicyclic) bond motifs is 1. The number of hydrogen-bond donors (Lipinski definition) is 9. The second-order valence-electron chi connectivity index (χ2n) is 11.8. The molecule has 0 unspecified atom stereocenters. The van der Waals surface area contributed by atoms with Gasteiger partial charge in [-0.1, -0.05) is 0 Å². The summed E-state index contributed by atoms with van der Waals surface area (Å²) in [5, 5.41) is 45.8. The molecule has 0 saturated carbocycles. The van der Waals surface area contributed by atoms with Gasteiger partial charge in [-0.3, -0.25) is 18.7 Å². The highest BCUT2D eigenvalue weighted by Gasteiger charge is 2.47. The van der Waals surface area contributed by atoms with E-state index in [1.807, 2.05) is 0 Å². The van der Waals surface area contributed by atoms with Crippen molar-refractivity contribution in [2.24, 2.45) is 0 Å². The molecule has 2 amide bonds. The summed E-state index contributed by atoms with van der Waals surface area (Å²) in [4.78, 5) is 54.1. The smallest absolute Gasteiger partial charge is 0.394 e. The molecule has 10 N–H and O–H groups in total. The SMILES string of the molecule is CC(=O)N[C@@H]1[C@@H](OCCCCC(=O)NCCOCCOCO[C@@H]2[C@H](O)[C@@H](COP(=O)(O)O)O[C@H]2n2cnc3c(N)ncnc32)O[C@@H](CO)[C@@H](O)[C@H]1O. The highest BCUT2D eigenvalue weighted by molar-refractivity contribution is 7.46. The van der Waals surface area contributed by atoms with Gasteiger partial charge in [-0.15, -0.1) is 0 Å². The van der Waals surface area contributed by atoms with Gasteiger partial charge >= 0.3 is 7.82 Å². The Bertz CT molecular complexity index is 1480. The van der Waals surface area contributed by atoms with Gasteiger partial charge in [0.2, 0.25) is 11.8 Å². The molecule has 2 aliphatic rings. The van der Waals surface area contributed by atoms with Gasteiger partial charge in [0.1, 0.15) is 61.3 Å². The molecule has 2 saturated heterocycles. The van der Waals surface area contributed by atoms with E-state index in [4.69, 9.17) is 43.9 Å². The Kier molecular flexibility index (Phi) is 16.0. The Balaban J connectivity index is 1.09. The van der Waals surface area contributed by atoms with Gasteiger partial charge in [-0.2, -0.15) is 0 Å². The number of nitrogens with one attached hydrogen (secondary N) is 2. The molecule has 23 nitrogen and oxygen atoms in total. The van der Waals surface area contributed by atoms with Crippen molar-refractivity contribution in [2.75, 3.05) is 58.7 Å². The molecule has 4 rings (SSSR count). The number of anilines is 1. The summed E-state index contributed by atoms with van der Waals surface area (Å²) in [5.74, 6) is -0.564. The molecule has 4 heterocycles. The minimum absolute atomic E-state index is 0.0906. The molecule has 294 valence electrons. The third kappa shape index (κ3) is 11.8. The minimum atomic E-state index is -4.85. The zero-order valence-electron chi connectivity index (χ0n) is 28.2. The number of rotatable bonds is 21. The Morgan fingerprint density at radius 2 is 1.75 bits per heavy atom. The topological polar surface area (TPSA) is 331 Å². The summed E-state index contributed by atoms with van der Waals surface area (Å²) in [6.07, 6.45) is -6.03. The van der Waals surface area contributed by atoms with Crippen LogP contribution in [0.1, 0.15) is 32.4 Å². The number of imidazole rings is 1. The Morgan fingerprint density at radius 3 is 2.48 bits per heavy atom. The van der Waals surface area contributed by atoms with Crippen LogP contribution >= 0.6 is 7.82 Å². The standard InChI is InChI=1S/C28H46N7O16P/c1-15(37)34-19-23(41)21(39)16(10-36)51-28(19)47-6-3-2-4-18(38)30-5-7-45-8-9-46-14-48-24-22(40)17(11-49-52(42,43)44)50-27(24)35-13-33-20-25(29)31-12-32-26(20)35/h12-13,16-17,19,21-24,27-28,36,39-41H,2-11,14H2,1H3,(H,30,38)(H,34,37)(H2,29,31,32)(H2,42,43,44)/t16-,17+,19-,21+,22+,23-,24+,27+,28-/m0/s1. The summed E-state index contributed by atoms with van der Waals surface area (Å²) < 4.78 is 50.8. The predicted octanol–water partition coefficient (Wildman–Crippen LogP) is -3.60. The first-order chi connectivity index (χ1) is 24.8. The maximum absolute atomic E-state index is 12.2. The second kappa shape index (κ2) is 19.9. The van der Waals surface area contributed by atoms with Gasteiger partial charge in [-0.05, 0) is 12.8 Å². The van der Waals surface area contributed by atoms with Gasteiger partial charge < -0.3 is 75.0 Å². The number of nitrogens with two attached hydrogens (primary N) is 1. The molecule has 2 aromatic heterocycles. The number of carbonyl (C=O) groups is 2. The van der Waals surface area contributed by atoms with Crippen LogP contribution in [0.4, 0.5) is 5.82 Å². The van der Waals surface area contributed by atoms with Crippen molar-refractivity contribution < 1.29 is 77.3 Å². The number of carbonyl (C=O) groups excluding carboxylic acids is 2. The number of phosphoric acid groups is 1. The van der Waals surface area contributed by atoms with Crippen molar-refractivity contribution in [3.63, 3.8) is 0 Å². The predicted molar refractivity (Wildman–Crippen MR) is 172 cm³/mol. The summed E-state index contributed by atoms with van der Waals surface area (Å²) in [5.41, 5.74) is 6.41. The van der Waals surface area contributed by atoms with E-state index >= 15 is 0 Å². The summed E-state index contributed by atoms with van der Waals surface area (Å²) in [6, 6.07) is -1.04. The number of nitrogens with zero attached hydrogens (tertiary/aromatic N) is 4. The molecule has 0 bridgehead atoms. The zero-order chi connectivity index (χ0) is 37.8. The number of phosphoric ester groups is 1. The number of amides is 2. The number of unbranched alkanes of at least 4 members (excludes halogenated alkanes) is 1. The van der Waals surface area contributed by atoms with Crippen LogP contribution < -0.4 is 16.4 Å². The van der Waals surface area contributed by atoms with Crippen molar-refractivity contribution >= 4 is 36.6 Å². The number of aliphatic hydroxyl groups excluding tert-OH is 4. The molecular formula is C28H46N7O16P. The van der Waals surface area contributed by atoms with Crippen LogP contribution in [0.25, 0.3) is 11.2 Å². The normalized spacial score (nSPS) is 27.9. The first kappa shape index (κ1) is 41.8. The van der Waals surface area contributed by atoms with Gasteiger partial charge in [0.15, 0.2) is 24.0 Å². The number of aliphatic hydroxyl groups is 4. The fourth-order valence-corrected chi connectivity index (χ4v) is 5.78. The van der Waals surface area contributed by atoms with Crippen LogP contribution in [0, 0.1) is 0 Å². The van der Waals surface area contributed by atoms with E-state index in [-0.39, 0.29) is 69.1 Å². The molecular weight excluding hydrogens is 721 g/mol. The second-order valence-corrected chi connectivity index (χ2v) is 13.0. The van der Waals surface area contributed by atoms with E-state index in [0.717, 1.165) is 0 Å². The summed E-state index contributed by atoms with van der Waals surface area (Å²) in [6.45, 7) is 0.546. The lowest BCUT2D eigenvalue weighted by atomic mass is 9.97. The third-order valence-electron chi connectivity index (χ3n) is 8.00. The van der Waals surface area contributed by atoms with E-state index in [1.165, 1.54) is 24.1 Å². The molecule has 2 aromatic rings. The van der Waals surface area contributed by atoms with Crippen LogP contribution in [-0.4, -0.2) is 163 Å². The van der Waals surface area contributed by atoms with Crippen LogP contribution in [-0.2, 0) is 47.1 Å². The van der Waals surface area contributed by atoms with Crippen molar-refractivity contribution in [3.8, 4) is 0 Å². The van der Waals surface area contributed by atoms with E-state index in [1.54, 1.807) is 0 Å². The lowest BCUT2D eigenvalue weighted by Gasteiger charge is -2.42. The van der Waals surface area contributed by atoms with Crippen LogP contribution in [0.15, 0.2) is 12.7 Å². The van der Waals surface area contributed by atoms with Crippen molar-refractivity contribution in [1.29, 1.82) is 0 Å². The molecule has 0 aromatic carbocycles. The fourth-order valence-electron chi connectivity index (χ4n) is 5.44. The Labute approximate surface area is 296 Å². The van der Waals surface area contributed by atoms with Crippen molar-refractivity contribution in [2.45, 2.75) is 81.4 Å². The maximum atomic E-state index is 12.2. The van der Waals surface area contributed by atoms with Crippen LogP contribution in [0.2, 0.25) is 0 Å². The first-order valence-corrected chi connectivity index (χ1v) is 17.8. The molecule has 2 fully saturated rings. The largest absolute Gasteiger partial charge is 0.469 e. The minimum Gasteiger partial charge on any atom is -0.394 e. The Morgan fingerprint density at radius 1 is 0.981 bits per heavy atom. The van der Waals surface area contributed by atoms with E-state index in [9.17, 15) is 34.6 Å². The average molecular weight is 768 g/mol. The molecule has 0 spiro atoms. The molecule has 52 heavy (non-hydrogen) atoms. The first-order valence-electron chi connectivity index (χ1n) is 16.3. The molecule has 9 atom stereocenters. The lowest BCUT2D eigenvalue weighted by Crippen LogP contribution is -2.64. The number of hydrogen-bond acceptors (Lipinski definition) is 18. The van der Waals surface area contributed by atoms with E-state index < -0.39 is 82.1 Å². The van der Waals surface area contributed by atoms with Crippen LogP contribution in [0.5, 0.6) is 0 Å². The quantitative estimate of drug-likeness (QED) is 0.0336. The number of aromatic nitrogens is 4.